The molecule has 40 heavy (non-hydrogen) atoms. The number of nitrogens with one attached hydrogen (secondary N) is 1. The fraction of sp³-hybridized carbons (Fsp3) is 0.179. The maximum Gasteiger partial charge on any atom is 0.416 e. The van der Waals surface area contributed by atoms with Crippen LogP contribution in [0.15, 0.2) is 70.0 Å². The lowest BCUT2D eigenvalue weighted by Crippen LogP contribution is -2.36. The zero-order chi connectivity index (χ0) is 29.0. The van der Waals surface area contributed by atoms with Gasteiger partial charge in [0.15, 0.2) is 11.5 Å². The number of carbonyl (C=O) groups excluding carboxylic acids is 3. The average molecular weight is 635 g/mol. The first-order valence-electron chi connectivity index (χ1n) is 11.7. The van der Waals surface area contributed by atoms with Gasteiger partial charge in [0.25, 0.3) is 11.1 Å². The van der Waals surface area contributed by atoms with Crippen LogP contribution >= 0.6 is 27.7 Å². The summed E-state index contributed by atoms with van der Waals surface area (Å²) in [6, 6.07) is 15.3. The molecular weight excluding hydrogens is 613 g/mol. The smallest absolute Gasteiger partial charge is 0.416 e. The summed E-state index contributed by atoms with van der Waals surface area (Å²) in [6.45, 7) is 1.64. The summed E-state index contributed by atoms with van der Waals surface area (Å²) < 4.78 is 50.8. The van der Waals surface area contributed by atoms with E-state index in [0.29, 0.717) is 39.9 Å². The van der Waals surface area contributed by atoms with E-state index in [4.69, 9.17) is 9.47 Å². The van der Waals surface area contributed by atoms with Crippen LogP contribution in [-0.2, 0) is 22.4 Å². The molecule has 1 fully saturated rings. The van der Waals surface area contributed by atoms with Gasteiger partial charge in [0, 0.05) is 5.69 Å². The minimum absolute atomic E-state index is 0.0687. The van der Waals surface area contributed by atoms with Crippen molar-refractivity contribution < 1.29 is 37.0 Å². The zero-order valence-corrected chi connectivity index (χ0v) is 23.6. The highest BCUT2D eigenvalue weighted by molar-refractivity contribution is 9.10. The van der Waals surface area contributed by atoms with E-state index in [1.165, 1.54) is 19.3 Å². The van der Waals surface area contributed by atoms with Crippen LogP contribution in [0.5, 0.6) is 11.5 Å². The first-order valence-corrected chi connectivity index (χ1v) is 13.3. The molecule has 0 aromatic heterocycles. The summed E-state index contributed by atoms with van der Waals surface area (Å²) in [5.41, 5.74) is 1.59. The van der Waals surface area contributed by atoms with Gasteiger partial charge in [-0.25, -0.2) is 0 Å². The van der Waals surface area contributed by atoms with Crippen molar-refractivity contribution in [3.05, 3.63) is 92.3 Å². The molecule has 1 saturated heterocycles. The molecule has 7 nitrogen and oxygen atoms in total. The first-order chi connectivity index (χ1) is 18.9. The van der Waals surface area contributed by atoms with Crippen molar-refractivity contribution in [3.8, 4) is 11.5 Å². The van der Waals surface area contributed by atoms with E-state index in [0.717, 1.165) is 34.2 Å². The molecule has 0 bridgehead atoms. The number of rotatable bonds is 8. The van der Waals surface area contributed by atoms with E-state index in [1.54, 1.807) is 12.1 Å². The average Bonchev–Trinajstić information content (AvgIpc) is 3.15. The normalized spacial score (nSPS) is 14.6. The number of anilines is 1. The van der Waals surface area contributed by atoms with Crippen molar-refractivity contribution in [2.45, 2.75) is 19.7 Å². The van der Waals surface area contributed by atoms with Gasteiger partial charge in [0.1, 0.15) is 13.2 Å². The Morgan fingerprint density at radius 2 is 1.82 bits per heavy atom. The third kappa shape index (κ3) is 7.05. The molecule has 0 saturated carbocycles. The van der Waals surface area contributed by atoms with E-state index in [2.05, 4.69) is 21.2 Å². The third-order valence-corrected chi connectivity index (χ3v) is 7.20. The van der Waals surface area contributed by atoms with Crippen molar-refractivity contribution >= 4 is 56.5 Å². The van der Waals surface area contributed by atoms with Crippen LogP contribution < -0.4 is 14.8 Å². The lowest BCUT2D eigenvalue weighted by molar-refractivity contribution is -0.137. The maximum absolute atomic E-state index is 12.9. The molecule has 0 atom stereocenters. The Bertz CT molecular complexity index is 1490. The Labute approximate surface area is 240 Å². The van der Waals surface area contributed by atoms with E-state index in [9.17, 15) is 27.6 Å². The standard InChI is InChI=1S/C28H22BrF3N2O5S/c1-16-6-8-17(9-7-16)15-39-25-21(29)10-18(11-22(25)38-2)12-23-26(36)34(27(37)40-23)14-24(35)33-20-5-3-4-19(13-20)28(30,31)32/h3-13H,14-15H2,1-2H3,(H,33,35)/b23-12-. The number of imide groups is 1. The molecule has 1 heterocycles. The number of nitrogens with zero attached hydrogens (tertiary/aromatic N) is 1. The molecule has 0 radical (unpaired) electrons. The molecule has 0 unspecified atom stereocenters. The predicted octanol–water partition coefficient (Wildman–Crippen LogP) is 7.04. The second-order valence-corrected chi connectivity index (χ2v) is 10.6. The Morgan fingerprint density at radius 1 is 1.10 bits per heavy atom. The highest BCUT2D eigenvalue weighted by Gasteiger charge is 2.36. The molecule has 1 aliphatic rings. The number of amides is 3. The molecule has 1 N–H and O–H groups in total. The molecule has 4 rings (SSSR count). The Kier molecular flexibility index (Phi) is 8.89. The van der Waals surface area contributed by atoms with E-state index in [1.807, 2.05) is 31.2 Å². The summed E-state index contributed by atoms with van der Waals surface area (Å²) in [6.07, 6.45) is -3.10. The molecule has 0 spiro atoms. The number of hydrogen-bond donors (Lipinski definition) is 1. The minimum Gasteiger partial charge on any atom is -0.493 e. The van der Waals surface area contributed by atoms with Gasteiger partial charge in [-0.05, 0) is 82.2 Å². The molecule has 1 aliphatic heterocycles. The number of benzene rings is 3. The summed E-state index contributed by atoms with van der Waals surface area (Å²) in [7, 11) is 1.47. The molecule has 3 amide bonds. The second kappa shape index (κ2) is 12.2. The SMILES string of the molecule is COc1cc(/C=C2\SC(=O)N(CC(=O)Nc3cccc(C(F)(F)F)c3)C2=O)cc(Br)c1OCc1ccc(C)cc1. The van der Waals surface area contributed by atoms with Crippen molar-refractivity contribution in [3.63, 3.8) is 0 Å². The van der Waals surface area contributed by atoms with Crippen LogP contribution in [0, 0.1) is 6.92 Å². The van der Waals surface area contributed by atoms with E-state index in [-0.39, 0.29) is 10.6 Å². The third-order valence-electron chi connectivity index (χ3n) is 5.70. The Hall–Kier alpha value is -3.77. The largest absolute Gasteiger partial charge is 0.493 e. The fourth-order valence-corrected chi connectivity index (χ4v) is 5.12. The van der Waals surface area contributed by atoms with Gasteiger partial charge < -0.3 is 14.8 Å². The molecule has 3 aromatic carbocycles. The van der Waals surface area contributed by atoms with Crippen LogP contribution in [0.1, 0.15) is 22.3 Å². The summed E-state index contributed by atoms with van der Waals surface area (Å²) >= 11 is 4.11. The summed E-state index contributed by atoms with van der Waals surface area (Å²) in [5, 5.41) is 1.61. The molecular formula is C28H22BrF3N2O5S. The van der Waals surface area contributed by atoms with Gasteiger partial charge >= 0.3 is 6.18 Å². The van der Waals surface area contributed by atoms with Crippen molar-refractivity contribution in [1.29, 1.82) is 0 Å². The number of thioether (sulfide) groups is 1. The van der Waals surface area contributed by atoms with Gasteiger partial charge in [0.2, 0.25) is 5.91 Å². The van der Waals surface area contributed by atoms with E-state index >= 15 is 0 Å². The first kappa shape index (κ1) is 29.2. The number of hydrogen-bond acceptors (Lipinski definition) is 6. The van der Waals surface area contributed by atoms with Gasteiger partial charge in [-0.1, -0.05) is 35.9 Å². The van der Waals surface area contributed by atoms with Crippen LogP contribution in [0.25, 0.3) is 6.08 Å². The number of alkyl halides is 3. The van der Waals surface area contributed by atoms with Crippen LogP contribution in [0.2, 0.25) is 0 Å². The number of carbonyl (C=O) groups is 3. The van der Waals surface area contributed by atoms with Gasteiger partial charge in [-0.2, -0.15) is 13.2 Å². The monoisotopic (exact) mass is 634 g/mol. The summed E-state index contributed by atoms with van der Waals surface area (Å²) in [4.78, 5) is 38.6. The zero-order valence-electron chi connectivity index (χ0n) is 21.2. The highest BCUT2D eigenvalue weighted by atomic mass is 79.9. The number of methoxy groups -OCH3 is 1. The quantitative estimate of drug-likeness (QED) is 0.268. The predicted molar refractivity (Wildman–Crippen MR) is 149 cm³/mol. The number of ether oxygens (including phenoxy) is 2. The van der Waals surface area contributed by atoms with Crippen LogP contribution in [0.3, 0.4) is 0 Å². The molecule has 12 heteroatoms. The highest BCUT2D eigenvalue weighted by Crippen LogP contribution is 2.39. The van der Waals surface area contributed by atoms with E-state index < -0.39 is 35.3 Å². The number of aryl methyl sites for hydroxylation is 1. The second-order valence-electron chi connectivity index (χ2n) is 8.70. The molecule has 208 valence electrons. The van der Waals surface area contributed by atoms with Crippen molar-refractivity contribution in [1.82, 2.24) is 4.90 Å². The van der Waals surface area contributed by atoms with Crippen LogP contribution in [0.4, 0.5) is 23.7 Å². The van der Waals surface area contributed by atoms with Crippen molar-refractivity contribution in [2.24, 2.45) is 0 Å². The lowest BCUT2D eigenvalue weighted by atomic mass is 10.1. The fourth-order valence-electron chi connectivity index (χ4n) is 3.71. The number of halogens is 4. The van der Waals surface area contributed by atoms with Crippen LogP contribution in [-0.4, -0.2) is 35.6 Å². The lowest BCUT2D eigenvalue weighted by Gasteiger charge is -2.14. The summed E-state index contributed by atoms with van der Waals surface area (Å²) in [5.74, 6) is -0.668. The maximum atomic E-state index is 12.9. The van der Waals surface area contributed by atoms with Gasteiger partial charge in [-0.15, -0.1) is 0 Å². The Balaban J connectivity index is 1.45. The van der Waals surface area contributed by atoms with Crippen molar-refractivity contribution in [2.75, 3.05) is 19.0 Å². The Morgan fingerprint density at radius 3 is 2.50 bits per heavy atom. The molecule has 3 aromatic rings. The van der Waals surface area contributed by atoms with Gasteiger partial charge in [-0.3, -0.25) is 19.3 Å². The molecule has 0 aliphatic carbocycles. The van der Waals surface area contributed by atoms with Gasteiger partial charge in [0.05, 0.1) is 22.1 Å². The topological polar surface area (TPSA) is 84.9 Å². The minimum atomic E-state index is -4.58.